The maximum Gasteiger partial charge on any atom is 0.0613 e. The highest BCUT2D eigenvalue weighted by atomic mass is 15.0. The van der Waals surface area contributed by atoms with Crippen molar-refractivity contribution in [3.63, 3.8) is 0 Å². The molecule has 3 nitrogen and oxygen atoms in total. The number of nitrogens with one attached hydrogen (secondary N) is 1. The Morgan fingerprint density at radius 3 is 2.62 bits per heavy atom. The van der Waals surface area contributed by atoms with Crippen LogP contribution in [0.5, 0.6) is 0 Å². The van der Waals surface area contributed by atoms with Crippen LogP contribution in [0.1, 0.15) is 25.3 Å². The Bertz CT molecular complexity index is 346. The molecule has 0 saturated heterocycles. The Hall–Kier alpha value is -1.38. The Labute approximate surface area is 78.1 Å². The molecule has 0 fully saturated rings. The van der Waals surface area contributed by atoms with Crippen molar-refractivity contribution >= 4 is 17.1 Å². The average molecular weight is 177 g/mol. The zero-order valence-electron chi connectivity index (χ0n) is 7.96. The Morgan fingerprint density at radius 1 is 1.23 bits per heavy atom. The summed E-state index contributed by atoms with van der Waals surface area (Å²) in [5.41, 5.74) is 15.4. The van der Waals surface area contributed by atoms with E-state index in [2.05, 4.69) is 19.2 Å². The van der Waals surface area contributed by atoms with Gasteiger partial charge in [0.25, 0.3) is 0 Å². The number of benzene rings is 1. The van der Waals surface area contributed by atoms with Gasteiger partial charge in [-0.1, -0.05) is 6.92 Å². The Balaban J connectivity index is 2.57. The number of nitrogens with two attached hydrogens (primary N) is 2. The lowest BCUT2D eigenvalue weighted by Gasteiger charge is -2.08. The third kappa shape index (κ3) is 1.11. The zero-order chi connectivity index (χ0) is 9.59. The number of anilines is 3. The first kappa shape index (κ1) is 8.23. The number of rotatable bonds is 0. The summed E-state index contributed by atoms with van der Waals surface area (Å²) in [5, 5.41) is 3.36. The molecule has 1 aliphatic heterocycles. The van der Waals surface area contributed by atoms with Gasteiger partial charge in [-0.2, -0.15) is 0 Å². The van der Waals surface area contributed by atoms with Gasteiger partial charge in [0.1, 0.15) is 0 Å². The van der Waals surface area contributed by atoms with Crippen molar-refractivity contribution in [1.29, 1.82) is 0 Å². The van der Waals surface area contributed by atoms with E-state index in [9.17, 15) is 0 Å². The van der Waals surface area contributed by atoms with Crippen LogP contribution in [-0.2, 0) is 0 Å². The molecule has 0 aliphatic carbocycles. The van der Waals surface area contributed by atoms with Gasteiger partial charge in [-0.3, -0.25) is 0 Å². The minimum atomic E-state index is 0.444. The molecule has 1 heterocycles. The molecule has 3 heteroatoms. The standard InChI is InChI=1S/C10H15N3/c1-5-6(2)13-10-8(5)3-7(11)4-9(10)12/h3-6,13H,11-12H2,1-2H3. The normalized spacial score (nSPS) is 25.4. The zero-order valence-corrected chi connectivity index (χ0v) is 7.96. The summed E-state index contributed by atoms with van der Waals surface area (Å²) in [5.74, 6) is 0.487. The summed E-state index contributed by atoms with van der Waals surface area (Å²) in [6.45, 7) is 4.34. The molecule has 1 aliphatic rings. The molecule has 2 unspecified atom stereocenters. The van der Waals surface area contributed by atoms with Gasteiger partial charge in [0.05, 0.1) is 11.4 Å². The predicted molar refractivity (Wildman–Crippen MR) is 56.8 cm³/mol. The molecule has 2 atom stereocenters. The molecule has 0 spiro atoms. The smallest absolute Gasteiger partial charge is 0.0613 e. The largest absolute Gasteiger partial charge is 0.399 e. The summed E-state index contributed by atoms with van der Waals surface area (Å²) < 4.78 is 0. The van der Waals surface area contributed by atoms with Crippen molar-refractivity contribution in [3.8, 4) is 0 Å². The molecule has 13 heavy (non-hydrogen) atoms. The van der Waals surface area contributed by atoms with Gasteiger partial charge in [-0.25, -0.2) is 0 Å². The van der Waals surface area contributed by atoms with Crippen molar-refractivity contribution in [1.82, 2.24) is 0 Å². The van der Waals surface area contributed by atoms with Crippen molar-refractivity contribution in [3.05, 3.63) is 17.7 Å². The van der Waals surface area contributed by atoms with Crippen LogP contribution in [0.2, 0.25) is 0 Å². The first-order valence-corrected chi connectivity index (χ1v) is 4.55. The molecule has 0 aromatic heterocycles. The fraction of sp³-hybridized carbons (Fsp3) is 0.400. The molecule has 2 rings (SSSR count). The van der Waals surface area contributed by atoms with Crippen LogP contribution < -0.4 is 16.8 Å². The van der Waals surface area contributed by atoms with Gasteiger partial charge in [-0.05, 0) is 24.6 Å². The number of fused-ring (bicyclic) bond motifs is 1. The van der Waals surface area contributed by atoms with E-state index >= 15 is 0 Å². The lowest BCUT2D eigenvalue weighted by molar-refractivity contribution is 0.690. The van der Waals surface area contributed by atoms with Gasteiger partial charge in [0.2, 0.25) is 0 Å². The summed E-state index contributed by atoms with van der Waals surface area (Å²) >= 11 is 0. The van der Waals surface area contributed by atoms with Gasteiger partial charge in [0, 0.05) is 17.6 Å². The van der Waals surface area contributed by atoms with Crippen LogP contribution in [0, 0.1) is 0 Å². The van der Waals surface area contributed by atoms with Crippen molar-refractivity contribution in [2.24, 2.45) is 0 Å². The lowest BCUT2D eigenvalue weighted by atomic mass is 9.97. The quantitative estimate of drug-likeness (QED) is 0.529. The Morgan fingerprint density at radius 2 is 1.92 bits per heavy atom. The minimum Gasteiger partial charge on any atom is -0.399 e. The van der Waals surface area contributed by atoms with Crippen molar-refractivity contribution < 1.29 is 0 Å². The SMILES string of the molecule is CC1Nc2c(N)cc(N)cc2C1C. The van der Waals surface area contributed by atoms with Crippen LogP contribution in [0.15, 0.2) is 12.1 Å². The first-order valence-electron chi connectivity index (χ1n) is 4.55. The number of hydrogen-bond acceptors (Lipinski definition) is 3. The van der Waals surface area contributed by atoms with E-state index in [1.165, 1.54) is 5.56 Å². The van der Waals surface area contributed by atoms with Crippen LogP contribution in [0.4, 0.5) is 17.1 Å². The maximum atomic E-state index is 5.85. The second kappa shape index (κ2) is 2.55. The average Bonchev–Trinajstić information content (AvgIpc) is 2.32. The topological polar surface area (TPSA) is 64.1 Å². The molecule has 1 aromatic carbocycles. The van der Waals surface area contributed by atoms with Crippen LogP contribution in [0.3, 0.4) is 0 Å². The summed E-state index contributed by atoms with van der Waals surface area (Å²) in [7, 11) is 0. The van der Waals surface area contributed by atoms with E-state index in [1.807, 2.05) is 6.07 Å². The Kier molecular flexibility index (Phi) is 1.62. The molecule has 1 aromatic rings. The van der Waals surface area contributed by atoms with Crippen LogP contribution in [0.25, 0.3) is 0 Å². The van der Waals surface area contributed by atoms with Crippen LogP contribution >= 0.6 is 0 Å². The summed E-state index contributed by atoms with van der Waals surface area (Å²) in [6.07, 6.45) is 0. The second-order valence-electron chi connectivity index (χ2n) is 3.80. The van der Waals surface area contributed by atoms with E-state index in [0.717, 1.165) is 17.1 Å². The fourth-order valence-corrected chi connectivity index (χ4v) is 1.86. The van der Waals surface area contributed by atoms with Crippen LogP contribution in [-0.4, -0.2) is 6.04 Å². The van der Waals surface area contributed by atoms with Crippen molar-refractivity contribution in [2.45, 2.75) is 25.8 Å². The van der Waals surface area contributed by atoms with Gasteiger partial charge < -0.3 is 16.8 Å². The molecular weight excluding hydrogens is 162 g/mol. The van der Waals surface area contributed by atoms with Crippen molar-refractivity contribution in [2.75, 3.05) is 16.8 Å². The minimum absolute atomic E-state index is 0.444. The van der Waals surface area contributed by atoms with E-state index in [1.54, 1.807) is 6.07 Å². The first-order chi connectivity index (χ1) is 6.09. The van der Waals surface area contributed by atoms with Gasteiger partial charge in [0.15, 0.2) is 0 Å². The third-order valence-electron chi connectivity index (χ3n) is 2.83. The highest BCUT2D eigenvalue weighted by Gasteiger charge is 2.26. The molecule has 5 N–H and O–H groups in total. The highest BCUT2D eigenvalue weighted by molar-refractivity contribution is 5.78. The van der Waals surface area contributed by atoms with E-state index < -0.39 is 0 Å². The second-order valence-corrected chi connectivity index (χ2v) is 3.80. The monoisotopic (exact) mass is 177 g/mol. The maximum absolute atomic E-state index is 5.85. The number of hydrogen-bond donors (Lipinski definition) is 3. The summed E-state index contributed by atoms with van der Waals surface area (Å²) in [4.78, 5) is 0. The van der Waals surface area contributed by atoms with E-state index in [-0.39, 0.29) is 0 Å². The molecular formula is C10H15N3. The number of nitrogen functional groups attached to an aromatic ring is 2. The highest BCUT2D eigenvalue weighted by Crippen LogP contribution is 2.40. The molecule has 70 valence electrons. The lowest BCUT2D eigenvalue weighted by Crippen LogP contribution is -2.13. The molecule has 0 saturated carbocycles. The fourth-order valence-electron chi connectivity index (χ4n) is 1.86. The third-order valence-corrected chi connectivity index (χ3v) is 2.83. The van der Waals surface area contributed by atoms with Gasteiger partial charge in [-0.15, -0.1) is 0 Å². The summed E-state index contributed by atoms with van der Waals surface area (Å²) in [6, 6.07) is 4.25. The van der Waals surface area contributed by atoms with Gasteiger partial charge >= 0.3 is 0 Å². The predicted octanol–water partition coefficient (Wildman–Crippen LogP) is 1.77. The van der Waals surface area contributed by atoms with E-state index in [4.69, 9.17) is 11.5 Å². The van der Waals surface area contributed by atoms with E-state index in [0.29, 0.717) is 12.0 Å². The molecule has 0 amide bonds. The molecule has 0 bridgehead atoms. The molecule has 0 radical (unpaired) electrons.